The van der Waals surface area contributed by atoms with E-state index < -0.39 is 0 Å². The predicted octanol–water partition coefficient (Wildman–Crippen LogP) is 4.39. The molecule has 0 aliphatic carbocycles. The van der Waals surface area contributed by atoms with E-state index in [1.807, 2.05) is 25.1 Å². The predicted molar refractivity (Wildman–Crippen MR) is 97.8 cm³/mol. The van der Waals surface area contributed by atoms with Crippen molar-refractivity contribution in [3.8, 4) is 22.5 Å². The summed E-state index contributed by atoms with van der Waals surface area (Å²) in [4.78, 5) is 0.166. The van der Waals surface area contributed by atoms with Crippen LogP contribution >= 0.6 is 15.9 Å². The molecule has 1 N–H and O–H groups in total. The molecule has 2 atom stereocenters. The van der Waals surface area contributed by atoms with E-state index in [2.05, 4.69) is 73.8 Å². The lowest BCUT2D eigenvalue weighted by atomic mass is 9.97. The van der Waals surface area contributed by atoms with Gasteiger partial charge in [-0.25, -0.2) is 0 Å². The van der Waals surface area contributed by atoms with E-state index in [-0.39, 0.29) is 10.9 Å². The molecule has 3 rings (SSSR count). The van der Waals surface area contributed by atoms with Crippen molar-refractivity contribution in [3.05, 3.63) is 54.1 Å². The first-order valence-electron chi connectivity index (χ1n) is 7.89. The number of benzene rings is 2. The molecule has 0 radical (unpaired) electrons. The van der Waals surface area contributed by atoms with Gasteiger partial charge in [0.1, 0.15) is 0 Å². The van der Waals surface area contributed by atoms with Gasteiger partial charge in [0.05, 0.1) is 10.9 Å². The summed E-state index contributed by atoms with van der Waals surface area (Å²) in [7, 11) is 0. The third-order valence-electron chi connectivity index (χ3n) is 3.90. The second-order valence-electron chi connectivity index (χ2n) is 5.47. The van der Waals surface area contributed by atoms with Crippen molar-refractivity contribution in [2.45, 2.75) is 24.8 Å². The molecule has 0 saturated heterocycles. The number of H-pyrrole nitrogens is 1. The zero-order chi connectivity index (χ0) is 16.9. The first kappa shape index (κ1) is 16.8. The quantitative estimate of drug-likeness (QED) is 0.637. The highest BCUT2D eigenvalue weighted by Crippen LogP contribution is 2.33. The maximum Gasteiger partial charge on any atom is 0.205 e. The van der Waals surface area contributed by atoms with Gasteiger partial charge in [-0.2, -0.15) is 5.21 Å². The van der Waals surface area contributed by atoms with E-state index >= 15 is 0 Å². The number of aromatic nitrogens is 4. The monoisotopic (exact) mass is 386 g/mol. The first-order chi connectivity index (χ1) is 11.7. The van der Waals surface area contributed by atoms with Gasteiger partial charge >= 0.3 is 0 Å². The maximum atomic E-state index is 5.67. The minimum atomic E-state index is 0.118. The van der Waals surface area contributed by atoms with Crippen LogP contribution in [0.15, 0.2) is 48.5 Å². The van der Waals surface area contributed by atoms with Gasteiger partial charge in [-0.3, -0.25) is 0 Å². The summed E-state index contributed by atoms with van der Waals surface area (Å²) in [6.07, 6.45) is 0.118. The fourth-order valence-electron chi connectivity index (χ4n) is 2.67. The number of ether oxygens (including phenoxy) is 1. The van der Waals surface area contributed by atoms with Crippen LogP contribution in [0.5, 0.6) is 0 Å². The lowest BCUT2D eigenvalue weighted by Gasteiger charge is -2.19. The van der Waals surface area contributed by atoms with Crippen molar-refractivity contribution >= 4 is 15.9 Å². The molecule has 0 aliphatic heterocycles. The standard InChI is InChI=1S/C18H19BrN4O/c1-3-24-12(2)17(19)14-10-8-13(9-11-14)15-6-4-5-7-16(15)18-20-22-23-21-18/h4-12,17H,3H2,1-2H3,(H,20,21,22,23). The van der Waals surface area contributed by atoms with Gasteiger partial charge < -0.3 is 4.74 Å². The first-order valence-corrected chi connectivity index (χ1v) is 8.81. The number of nitrogens with one attached hydrogen (secondary N) is 1. The fraction of sp³-hybridized carbons (Fsp3) is 0.278. The Morgan fingerprint density at radius 2 is 1.79 bits per heavy atom. The average Bonchev–Trinajstić information content (AvgIpc) is 3.16. The SMILES string of the molecule is CCOC(C)C(Br)c1ccc(-c2ccccc2-c2nn[nH]n2)cc1. The van der Waals surface area contributed by atoms with Crippen LogP contribution < -0.4 is 0 Å². The molecule has 0 saturated carbocycles. The largest absolute Gasteiger partial charge is 0.377 e. The summed E-state index contributed by atoms with van der Waals surface area (Å²) >= 11 is 3.72. The summed E-state index contributed by atoms with van der Waals surface area (Å²) < 4.78 is 5.67. The number of hydrogen-bond acceptors (Lipinski definition) is 4. The second-order valence-corrected chi connectivity index (χ2v) is 6.45. The van der Waals surface area contributed by atoms with Crippen LogP contribution in [-0.4, -0.2) is 33.3 Å². The lowest BCUT2D eigenvalue weighted by Crippen LogP contribution is -2.14. The van der Waals surface area contributed by atoms with Gasteiger partial charge in [0.25, 0.3) is 0 Å². The third-order valence-corrected chi connectivity index (χ3v) is 5.17. The third kappa shape index (κ3) is 3.55. The number of hydrogen-bond donors (Lipinski definition) is 1. The molecule has 5 nitrogen and oxygen atoms in total. The highest BCUT2D eigenvalue weighted by atomic mass is 79.9. The van der Waals surface area contributed by atoms with E-state index in [1.54, 1.807) is 0 Å². The van der Waals surface area contributed by atoms with E-state index in [9.17, 15) is 0 Å². The molecule has 24 heavy (non-hydrogen) atoms. The zero-order valence-corrected chi connectivity index (χ0v) is 15.2. The Labute approximate surface area is 149 Å². The van der Waals surface area contributed by atoms with Crippen LogP contribution in [0.25, 0.3) is 22.5 Å². The van der Waals surface area contributed by atoms with Crippen molar-refractivity contribution in [3.63, 3.8) is 0 Å². The Kier molecular flexibility index (Phi) is 5.37. The molecule has 2 unspecified atom stereocenters. The Hall–Kier alpha value is -2.05. The van der Waals surface area contributed by atoms with Crippen molar-refractivity contribution in [1.82, 2.24) is 20.6 Å². The zero-order valence-electron chi connectivity index (χ0n) is 13.6. The minimum Gasteiger partial charge on any atom is -0.377 e. The minimum absolute atomic E-state index is 0.118. The molecule has 0 fully saturated rings. The molecular weight excluding hydrogens is 368 g/mol. The van der Waals surface area contributed by atoms with Gasteiger partial charge in [0.2, 0.25) is 5.82 Å². The summed E-state index contributed by atoms with van der Waals surface area (Å²) in [5, 5.41) is 14.3. The maximum absolute atomic E-state index is 5.67. The van der Waals surface area contributed by atoms with Gasteiger partial charge in [0.15, 0.2) is 0 Å². The van der Waals surface area contributed by atoms with Crippen molar-refractivity contribution in [2.24, 2.45) is 0 Å². The van der Waals surface area contributed by atoms with Gasteiger partial charge in [-0.1, -0.05) is 64.5 Å². The number of aromatic amines is 1. The van der Waals surface area contributed by atoms with Gasteiger partial charge in [-0.15, -0.1) is 10.2 Å². The molecule has 0 amide bonds. The molecule has 0 aliphatic rings. The molecule has 6 heteroatoms. The number of rotatable bonds is 6. The van der Waals surface area contributed by atoms with E-state index in [0.29, 0.717) is 12.4 Å². The Bertz CT molecular complexity index is 774. The molecule has 3 aromatic rings. The summed E-state index contributed by atoms with van der Waals surface area (Å²) in [5.41, 5.74) is 4.34. The average molecular weight is 387 g/mol. The van der Waals surface area contributed by atoms with E-state index in [0.717, 1.165) is 16.7 Å². The number of nitrogens with zero attached hydrogens (tertiary/aromatic N) is 3. The molecule has 1 aromatic heterocycles. The van der Waals surface area contributed by atoms with Crippen LogP contribution in [0, 0.1) is 0 Å². The number of halogens is 1. The van der Waals surface area contributed by atoms with Crippen LogP contribution in [0.2, 0.25) is 0 Å². The molecule has 1 heterocycles. The van der Waals surface area contributed by atoms with E-state index in [1.165, 1.54) is 5.56 Å². The van der Waals surface area contributed by atoms with Crippen LogP contribution in [0.4, 0.5) is 0 Å². The topological polar surface area (TPSA) is 63.7 Å². The van der Waals surface area contributed by atoms with Crippen molar-refractivity contribution in [2.75, 3.05) is 6.61 Å². The summed E-state index contributed by atoms with van der Waals surface area (Å²) in [6, 6.07) is 16.5. The molecule has 0 spiro atoms. The molecule has 0 bridgehead atoms. The smallest absolute Gasteiger partial charge is 0.205 e. The summed E-state index contributed by atoms with van der Waals surface area (Å²) in [6.45, 7) is 4.79. The van der Waals surface area contributed by atoms with Gasteiger partial charge in [0, 0.05) is 12.2 Å². The normalized spacial score (nSPS) is 13.6. The highest BCUT2D eigenvalue weighted by Gasteiger charge is 2.17. The molecular formula is C18H19BrN4O. The van der Waals surface area contributed by atoms with Crippen molar-refractivity contribution < 1.29 is 4.74 Å². The molecule has 124 valence electrons. The lowest BCUT2D eigenvalue weighted by molar-refractivity contribution is 0.0760. The Morgan fingerprint density at radius 3 is 2.42 bits per heavy atom. The summed E-state index contributed by atoms with van der Waals surface area (Å²) in [5.74, 6) is 0.595. The second kappa shape index (κ2) is 7.68. The van der Waals surface area contributed by atoms with E-state index in [4.69, 9.17) is 4.74 Å². The molecule has 2 aromatic carbocycles. The van der Waals surface area contributed by atoms with Crippen LogP contribution in [-0.2, 0) is 4.74 Å². The van der Waals surface area contributed by atoms with Crippen LogP contribution in [0.3, 0.4) is 0 Å². The van der Waals surface area contributed by atoms with Crippen molar-refractivity contribution in [1.29, 1.82) is 0 Å². The highest BCUT2D eigenvalue weighted by molar-refractivity contribution is 9.09. The fourth-order valence-corrected chi connectivity index (χ4v) is 3.13. The van der Waals surface area contributed by atoms with Crippen LogP contribution in [0.1, 0.15) is 24.2 Å². The number of alkyl halides is 1. The van der Waals surface area contributed by atoms with Gasteiger partial charge in [-0.05, 0) is 35.8 Å². The Morgan fingerprint density at radius 1 is 1.08 bits per heavy atom. The Balaban J connectivity index is 1.90. The number of tetrazole rings is 1.